The summed E-state index contributed by atoms with van der Waals surface area (Å²) in [6, 6.07) is 18.6. The number of carbonyl (C=O) groups is 1. The summed E-state index contributed by atoms with van der Waals surface area (Å²) in [5, 5.41) is 0.611. The number of hydrogen-bond acceptors (Lipinski definition) is 4. The van der Waals surface area contributed by atoms with Gasteiger partial charge in [-0.2, -0.15) is 0 Å². The van der Waals surface area contributed by atoms with Gasteiger partial charge in [-0.1, -0.05) is 41.9 Å². The van der Waals surface area contributed by atoms with E-state index in [4.69, 9.17) is 25.8 Å². The Labute approximate surface area is 187 Å². The van der Waals surface area contributed by atoms with Gasteiger partial charge in [0.15, 0.2) is 11.5 Å². The molecule has 0 radical (unpaired) electrons. The lowest BCUT2D eigenvalue weighted by Crippen LogP contribution is -2.61. The van der Waals surface area contributed by atoms with Crippen LogP contribution in [0, 0.1) is 13.8 Å². The van der Waals surface area contributed by atoms with Crippen LogP contribution in [0.15, 0.2) is 60.7 Å². The van der Waals surface area contributed by atoms with Gasteiger partial charge in [-0.3, -0.25) is 9.69 Å². The molecule has 2 atom stereocenters. The molecule has 1 amide bonds. The summed E-state index contributed by atoms with van der Waals surface area (Å²) in [4.78, 5) is 15.0. The van der Waals surface area contributed by atoms with E-state index in [-0.39, 0.29) is 11.9 Å². The molecule has 3 aromatic carbocycles. The van der Waals surface area contributed by atoms with Crippen LogP contribution in [-0.2, 0) is 4.79 Å². The fourth-order valence-electron chi connectivity index (χ4n) is 3.78. The van der Waals surface area contributed by atoms with E-state index in [2.05, 4.69) is 0 Å². The van der Waals surface area contributed by atoms with Crippen LogP contribution < -0.4 is 19.1 Å². The third-order valence-corrected chi connectivity index (χ3v) is 5.98. The second kappa shape index (κ2) is 8.52. The average Bonchev–Trinajstić information content (AvgIpc) is 2.78. The number of ether oxygens (including phenoxy) is 3. The van der Waals surface area contributed by atoms with E-state index in [1.807, 2.05) is 74.5 Å². The third kappa shape index (κ3) is 3.81. The first kappa shape index (κ1) is 21.1. The summed E-state index contributed by atoms with van der Waals surface area (Å²) in [6.07, 6.45) is -0.667. The van der Waals surface area contributed by atoms with Gasteiger partial charge in [0.2, 0.25) is 6.10 Å². The molecule has 0 saturated carbocycles. The fraction of sp³-hybridized carbons (Fsp3) is 0.240. The Hall–Kier alpha value is -3.18. The van der Waals surface area contributed by atoms with Crippen molar-refractivity contribution >= 4 is 23.2 Å². The fourth-order valence-corrected chi connectivity index (χ4v) is 3.96. The van der Waals surface area contributed by atoms with Gasteiger partial charge in [-0.25, -0.2) is 0 Å². The van der Waals surface area contributed by atoms with Crippen molar-refractivity contribution in [2.24, 2.45) is 0 Å². The number of amides is 1. The van der Waals surface area contributed by atoms with Crippen LogP contribution in [0.4, 0.5) is 5.69 Å². The molecule has 0 aromatic heterocycles. The number of methoxy groups -OCH3 is 2. The van der Waals surface area contributed by atoms with E-state index < -0.39 is 6.10 Å². The number of hydrogen-bond donors (Lipinski definition) is 0. The topological polar surface area (TPSA) is 48.0 Å². The smallest absolute Gasteiger partial charge is 0.271 e. The first-order chi connectivity index (χ1) is 14.9. The van der Waals surface area contributed by atoms with E-state index in [0.717, 1.165) is 22.4 Å². The summed E-state index contributed by atoms with van der Waals surface area (Å²) in [7, 11) is 3.18. The minimum Gasteiger partial charge on any atom is -0.493 e. The SMILES string of the molecule is COc1ccc([C@H]2[C@H](Oc3ccccc3C)C(=O)N2c2ccc(C)c(Cl)c2)cc1OC. The first-order valence-electron chi connectivity index (χ1n) is 9.98. The Morgan fingerprint density at radius 2 is 1.58 bits per heavy atom. The zero-order chi connectivity index (χ0) is 22.1. The molecule has 0 unspecified atom stereocenters. The number of benzene rings is 3. The minimum atomic E-state index is -0.667. The maximum Gasteiger partial charge on any atom is 0.271 e. The van der Waals surface area contributed by atoms with E-state index in [9.17, 15) is 4.79 Å². The number of carbonyl (C=O) groups excluding carboxylic acids is 1. The van der Waals surface area contributed by atoms with Crippen LogP contribution >= 0.6 is 11.6 Å². The van der Waals surface area contributed by atoms with Crippen molar-refractivity contribution in [1.82, 2.24) is 0 Å². The highest BCUT2D eigenvalue weighted by Crippen LogP contribution is 2.44. The lowest BCUT2D eigenvalue weighted by atomic mass is 9.89. The van der Waals surface area contributed by atoms with Crippen LogP contribution in [0.5, 0.6) is 17.2 Å². The molecule has 1 aliphatic heterocycles. The normalized spacial score (nSPS) is 17.8. The molecule has 6 heteroatoms. The second-order valence-corrected chi connectivity index (χ2v) is 7.91. The predicted octanol–water partition coefficient (Wildman–Crippen LogP) is 5.51. The van der Waals surface area contributed by atoms with Crippen molar-refractivity contribution in [3.8, 4) is 17.2 Å². The van der Waals surface area contributed by atoms with Gasteiger partial charge in [0.25, 0.3) is 5.91 Å². The maximum absolute atomic E-state index is 13.2. The molecule has 1 fully saturated rings. The number of para-hydroxylation sites is 1. The summed E-state index contributed by atoms with van der Waals surface area (Å²) >= 11 is 6.35. The zero-order valence-electron chi connectivity index (χ0n) is 17.9. The van der Waals surface area contributed by atoms with Crippen molar-refractivity contribution in [2.45, 2.75) is 26.0 Å². The molecule has 1 heterocycles. The number of aryl methyl sites for hydroxylation is 2. The Balaban J connectivity index is 1.76. The van der Waals surface area contributed by atoms with Crippen LogP contribution in [0.25, 0.3) is 0 Å². The van der Waals surface area contributed by atoms with Crippen molar-refractivity contribution < 1.29 is 19.0 Å². The molecule has 0 N–H and O–H groups in total. The molecule has 0 aliphatic carbocycles. The quantitative estimate of drug-likeness (QED) is 0.477. The van der Waals surface area contributed by atoms with Crippen LogP contribution in [-0.4, -0.2) is 26.2 Å². The van der Waals surface area contributed by atoms with E-state index in [1.165, 1.54) is 0 Å². The van der Waals surface area contributed by atoms with Gasteiger partial charge in [-0.05, 0) is 60.9 Å². The minimum absolute atomic E-state index is 0.122. The molecule has 1 saturated heterocycles. The highest BCUT2D eigenvalue weighted by molar-refractivity contribution is 6.31. The second-order valence-electron chi connectivity index (χ2n) is 7.50. The molecular weight excluding hydrogens is 414 g/mol. The molecule has 0 spiro atoms. The van der Waals surface area contributed by atoms with Crippen molar-refractivity contribution in [1.29, 1.82) is 0 Å². The molecule has 160 valence electrons. The van der Waals surface area contributed by atoms with Gasteiger partial charge >= 0.3 is 0 Å². The van der Waals surface area contributed by atoms with E-state index >= 15 is 0 Å². The molecule has 5 nitrogen and oxygen atoms in total. The zero-order valence-corrected chi connectivity index (χ0v) is 18.6. The largest absolute Gasteiger partial charge is 0.493 e. The van der Waals surface area contributed by atoms with Gasteiger partial charge in [0, 0.05) is 10.7 Å². The lowest BCUT2D eigenvalue weighted by Gasteiger charge is -2.47. The number of β-lactam (4-membered cyclic amide) rings is 1. The first-order valence-corrected chi connectivity index (χ1v) is 10.4. The van der Waals surface area contributed by atoms with Gasteiger partial charge in [-0.15, -0.1) is 0 Å². The van der Waals surface area contributed by atoms with Crippen molar-refractivity contribution in [2.75, 3.05) is 19.1 Å². The molecule has 1 aliphatic rings. The number of anilines is 1. The van der Waals surface area contributed by atoms with Gasteiger partial charge in [0.1, 0.15) is 11.8 Å². The summed E-state index contributed by atoms with van der Waals surface area (Å²) < 4.78 is 17.0. The van der Waals surface area contributed by atoms with Crippen LogP contribution in [0.2, 0.25) is 5.02 Å². The highest BCUT2D eigenvalue weighted by atomic mass is 35.5. The van der Waals surface area contributed by atoms with Crippen LogP contribution in [0.1, 0.15) is 22.7 Å². The molecule has 0 bridgehead atoms. The predicted molar refractivity (Wildman–Crippen MR) is 122 cm³/mol. The monoisotopic (exact) mass is 437 g/mol. The maximum atomic E-state index is 13.2. The number of rotatable bonds is 6. The van der Waals surface area contributed by atoms with Crippen LogP contribution in [0.3, 0.4) is 0 Å². The van der Waals surface area contributed by atoms with E-state index in [0.29, 0.717) is 22.3 Å². The number of halogens is 1. The van der Waals surface area contributed by atoms with Crippen molar-refractivity contribution in [3.63, 3.8) is 0 Å². The Morgan fingerprint density at radius 1 is 0.839 bits per heavy atom. The average molecular weight is 438 g/mol. The van der Waals surface area contributed by atoms with E-state index in [1.54, 1.807) is 19.1 Å². The van der Waals surface area contributed by atoms with Gasteiger partial charge in [0.05, 0.1) is 14.2 Å². The molecule has 3 aromatic rings. The Kier molecular flexibility index (Phi) is 5.79. The summed E-state index contributed by atoms with van der Waals surface area (Å²) in [5.41, 5.74) is 3.53. The standard InChI is InChI=1S/C25H24ClNO4/c1-15-9-11-18(14-19(15)26)27-23(17-10-12-21(29-3)22(13-17)30-4)24(25(27)28)31-20-8-6-5-7-16(20)2/h5-14,23-24H,1-4H3/t23-,24-/m0/s1. The Morgan fingerprint density at radius 3 is 2.26 bits per heavy atom. The molecule has 4 rings (SSSR count). The van der Waals surface area contributed by atoms with Crippen molar-refractivity contribution in [3.05, 3.63) is 82.4 Å². The van der Waals surface area contributed by atoms with Gasteiger partial charge < -0.3 is 14.2 Å². The number of nitrogens with zero attached hydrogens (tertiary/aromatic N) is 1. The molecule has 31 heavy (non-hydrogen) atoms. The summed E-state index contributed by atoms with van der Waals surface area (Å²) in [6.45, 7) is 3.89. The summed E-state index contributed by atoms with van der Waals surface area (Å²) in [5.74, 6) is 1.78. The third-order valence-electron chi connectivity index (χ3n) is 5.58. The highest BCUT2D eigenvalue weighted by Gasteiger charge is 2.51. The lowest BCUT2D eigenvalue weighted by molar-refractivity contribution is -0.135. The molecular formula is C25H24ClNO4. The Bertz CT molecular complexity index is 1130.